The molecule has 108 valence electrons. The van der Waals surface area contributed by atoms with Crippen molar-refractivity contribution < 1.29 is 13.5 Å². The summed E-state index contributed by atoms with van der Waals surface area (Å²) in [5, 5.41) is 9.65. The van der Waals surface area contributed by atoms with Crippen LogP contribution in [-0.2, 0) is 10.0 Å². The molecule has 0 radical (unpaired) electrons. The quantitative estimate of drug-likeness (QED) is 0.824. The van der Waals surface area contributed by atoms with Gasteiger partial charge in [0.1, 0.15) is 18.5 Å². The van der Waals surface area contributed by atoms with Gasteiger partial charge in [-0.3, -0.25) is 0 Å². The Labute approximate surface area is 119 Å². The highest BCUT2D eigenvalue weighted by molar-refractivity contribution is 7.91. The number of aromatic hydroxyl groups is 1. The van der Waals surface area contributed by atoms with Crippen molar-refractivity contribution in [2.75, 3.05) is 18.8 Å². The predicted octanol–water partition coefficient (Wildman–Crippen LogP) is 1.46. The zero-order chi connectivity index (χ0) is 14.8. The van der Waals surface area contributed by atoms with E-state index in [4.69, 9.17) is 5.73 Å². The van der Waals surface area contributed by atoms with Gasteiger partial charge < -0.3 is 10.8 Å². The Hall–Kier alpha value is -1.63. The fourth-order valence-corrected chi connectivity index (χ4v) is 3.84. The molecule has 0 saturated carbocycles. The third-order valence-corrected chi connectivity index (χ3v) is 5.63. The van der Waals surface area contributed by atoms with Gasteiger partial charge in [0, 0.05) is 24.3 Å². The van der Waals surface area contributed by atoms with E-state index in [0.717, 1.165) is 5.57 Å². The Kier molecular flexibility index (Phi) is 3.99. The molecular formula is C14H19N2O3S+. The van der Waals surface area contributed by atoms with Gasteiger partial charge in [-0.25, -0.2) is 0 Å². The van der Waals surface area contributed by atoms with Crippen molar-refractivity contribution in [3.8, 4) is 5.75 Å². The average Bonchev–Trinajstić information content (AvgIpc) is 2.47. The van der Waals surface area contributed by atoms with E-state index >= 15 is 0 Å². The summed E-state index contributed by atoms with van der Waals surface area (Å²) in [5.41, 5.74) is 6.92. The lowest BCUT2D eigenvalue weighted by atomic mass is 10.2. The molecule has 1 heterocycles. The molecule has 1 atom stereocenters. The fourth-order valence-electron chi connectivity index (χ4n) is 2.34. The molecule has 5 nitrogen and oxygen atoms in total. The molecule has 20 heavy (non-hydrogen) atoms. The number of sulfonamides is 1. The first-order valence-electron chi connectivity index (χ1n) is 6.44. The molecule has 0 saturated heterocycles. The third-order valence-electron chi connectivity index (χ3n) is 3.45. The van der Waals surface area contributed by atoms with Crippen molar-refractivity contribution in [1.29, 1.82) is 0 Å². The summed E-state index contributed by atoms with van der Waals surface area (Å²) in [7, 11) is -3.45. The molecule has 0 aromatic heterocycles. The van der Waals surface area contributed by atoms with E-state index in [1.807, 2.05) is 6.08 Å². The second-order valence-corrected chi connectivity index (χ2v) is 7.07. The van der Waals surface area contributed by atoms with Gasteiger partial charge in [-0.15, -0.1) is 0 Å². The summed E-state index contributed by atoms with van der Waals surface area (Å²) in [6, 6.07) is 6.35. The molecular weight excluding hydrogens is 276 g/mol. The summed E-state index contributed by atoms with van der Waals surface area (Å²) in [6.45, 7) is 2.18. The number of rotatable bonds is 4. The van der Waals surface area contributed by atoms with E-state index in [9.17, 15) is 13.5 Å². The predicted molar refractivity (Wildman–Crippen MR) is 80.5 cm³/mol. The largest absolute Gasteiger partial charge is 0.508 e. The maximum atomic E-state index is 12.6. The van der Waals surface area contributed by atoms with Gasteiger partial charge in [-0.05, 0) is 19.1 Å². The molecule has 1 aromatic rings. The van der Waals surface area contributed by atoms with Crippen LogP contribution in [-0.4, -0.2) is 32.4 Å². The summed E-state index contributed by atoms with van der Waals surface area (Å²) >= 11 is 0. The van der Waals surface area contributed by atoms with Gasteiger partial charge in [0.05, 0.1) is 5.75 Å². The minimum Gasteiger partial charge on any atom is -0.508 e. The second kappa shape index (κ2) is 5.40. The number of quaternary nitrogens is 1. The van der Waals surface area contributed by atoms with E-state index in [-0.39, 0.29) is 21.9 Å². The molecule has 1 aliphatic heterocycles. The molecule has 0 aliphatic carbocycles. The van der Waals surface area contributed by atoms with Gasteiger partial charge in [-0.2, -0.15) is 12.3 Å². The Bertz CT molecular complexity index is 665. The van der Waals surface area contributed by atoms with Gasteiger partial charge in [0.2, 0.25) is 0 Å². The van der Waals surface area contributed by atoms with Crippen LogP contribution < -0.4 is 9.62 Å². The molecule has 0 spiro atoms. The van der Waals surface area contributed by atoms with E-state index < -0.39 is 10.0 Å². The fraction of sp³-hybridized carbons (Fsp3) is 0.286. The first-order valence-corrected chi connectivity index (χ1v) is 8.04. The molecule has 0 amide bonds. The zero-order valence-electron chi connectivity index (χ0n) is 11.4. The number of hydrogen-bond acceptors (Lipinski definition) is 4. The first kappa shape index (κ1) is 14.8. The van der Waals surface area contributed by atoms with E-state index in [0.29, 0.717) is 12.2 Å². The highest BCUT2D eigenvalue weighted by Crippen LogP contribution is 2.34. The van der Waals surface area contributed by atoms with Crippen LogP contribution in [0.5, 0.6) is 5.75 Å². The van der Waals surface area contributed by atoms with E-state index in [1.165, 1.54) is 12.1 Å². The minimum atomic E-state index is -3.45. The zero-order valence-corrected chi connectivity index (χ0v) is 12.2. The Morgan fingerprint density at radius 1 is 1.40 bits per heavy atom. The van der Waals surface area contributed by atoms with Crippen molar-refractivity contribution in [1.82, 2.24) is 3.89 Å². The second-order valence-electron chi connectivity index (χ2n) is 4.68. The van der Waals surface area contributed by atoms with Crippen molar-refractivity contribution >= 4 is 15.7 Å². The van der Waals surface area contributed by atoms with Crippen molar-refractivity contribution in [2.45, 2.75) is 6.92 Å². The highest BCUT2D eigenvalue weighted by atomic mass is 32.2. The van der Waals surface area contributed by atoms with Crippen molar-refractivity contribution in [3.63, 3.8) is 0 Å². The van der Waals surface area contributed by atoms with E-state index in [1.54, 1.807) is 31.3 Å². The number of nitrogens with two attached hydrogens (primary N) is 1. The summed E-state index contributed by atoms with van der Waals surface area (Å²) in [4.78, 5) is 0. The lowest BCUT2D eigenvalue weighted by molar-refractivity contribution is 0.471. The van der Waals surface area contributed by atoms with Crippen LogP contribution in [0.25, 0.3) is 0 Å². The van der Waals surface area contributed by atoms with Crippen LogP contribution in [0.15, 0.2) is 48.2 Å². The SMILES string of the molecule is CCS(=O)(=O)[N+]1(c2cccc(O)c2)C=C(CN)C=CC1. The number of benzene rings is 1. The first-order chi connectivity index (χ1) is 9.45. The minimum absolute atomic E-state index is 0.00481. The number of phenolic OH excluding ortho intramolecular Hbond substituents is 1. The maximum Gasteiger partial charge on any atom is 0.306 e. The number of hydrogen-bond donors (Lipinski definition) is 2. The molecule has 2 rings (SSSR count). The standard InChI is InChI=1S/C14H18N2O3S/c1-2-20(18,19)16(8-4-5-12(10-15)11-16)13-6-3-7-14(17)9-13/h3-7,9,11H,2,8,10,15H2,1H3/p+1. The molecule has 0 fully saturated rings. The monoisotopic (exact) mass is 295 g/mol. The van der Waals surface area contributed by atoms with Crippen LogP contribution in [0.3, 0.4) is 0 Å². The van der Waals surface area contributed by atoms with Gasteiger partial charge in [0.15, 0.2) is 5.69 Å². The van der Waals surface area contributed by atoms with Crippen LogP contribution in [0.1, 0.15) is 6.92 Å². The van der Waals surface area contributed by atoms with Crippen molar-refractivity contribution in [3.05, 3.63) is 48.2 Å². The van der Waals surface area contributed by atoms with Gasteiger partial charge >= 0.3 is 10.0 Å². The van der Waals surface area contributed by atoms with Crippen LogP contribution in [0, 0.1) is 0 Å². The van der Waals surface area contributed by atoms with E-state index in [2.05, 4.69) is 0 Å². The number of phenols is 1. The molecule has 3 N–H and O–H groups in total. The summed E-state index contributed by atoms with van der Waals surface area (Å²) in [6.07, 6.45) is 5.30. The van der Waals surface area contributed by atoms with Gasteiger partial charge in [-0.1, -0.05) is 12.1 Å². The Morgan fingerprint density at radius 3 is 2.75 bits per heavy atom. The lowest BCUT2D eigenvalue weighted by Crippen LogP contribution is -2.51. The highest BCUT2D eigenvalue weighted by Gasteiger charge is 2.42. The summed E-state index contributed by atoms with van der Waals surface area (Å²) < 4.78 is 24.9. The van der Waals surface area contributed by atoms with Gasteiger partial charge in [0.25, 0.3) is 0 Å². The average molecular weight is 295 g/mol. The van der Waals surface area contributed by atoms with Crippen LogP contribution in [0.2, 0.25) is 0 Å². The normalized spacial score (nSPS) is 22.6. The van der Waals surface area contributed by atoms with Crippen LogP contribution >= 0.6 is 0 Å². The molecule has 0 bridgehead atoms. The molecule has 1 aliphatic rings. The van der Waals surface area contributed by atoms with Crippen LogP contribution in [0.4, 0.5) is 5.69 Å². The number of nitrogens with zero attached hydrogens (tertiary/aromatic N) is 1. The van der Waals surface area contributed by atoms with Crippen molar-refractivity contribution in [2.24, 2.45) is 5.73 Å². The Balaban J connectivity index is 2.69. The smallest absolute Gasteiger partial charge is 0.306 e. The molecule has 1 aromatic carbocycles. The lowest BCUT2D eigenvalue weighted by Gasteiger charge is -2.34. The third kappa shape index (κ3) is 2.37. The molecule has 1 unspecified atom stereocenters. The topological polar surface area (TPSA) is 80.4 Å². The Morgan fingerprint density at radius 2 is 2.15 bits per heavy atom. The summed E-state index contributed by atoms with van der Waals surface area (Å²) in [5.74, 6) is 0.0498. The maximum absolute atomic E-state index is 12.6. The molecule has 6 heteroatoms.